The molecule has 0 N–H and O–H groups in total. The molecule has 0 atom stereocenters. The number of thioether (sulfide) groups is 2. The van der Waals surface area contributed by atoms with E-state index in [-0.39, 0.29) is 52.5 Å². The Morgan fingerprint density at radius 2 is 0.889 bits per heavy atom. The summed E-state index contributed by atoms with van der Waals surface area (Å²) in [5.74, 6) is 5.52. The van der Waals surface area contributed by atoms with Crippen molar-refractivity contribution in [3.05, 3.63) is 0 Å². The van der Waals surface area contributed by atoms with Crippen LogP contribution in [0.3, 0.4) is 0 Å². The summed E-state index contributed by atoms with van der Waals surface area (Å²) in [4.78, 5) is 0. The second-order valence-corrected chi connectivity index (χ2v) is 3.67. The van der Waals surface area contributed by atoms with E-state index in [2.05, 4.69) is 23.5 Å². The van der Waals surface area contributed by atoms with Crippen molar-refractivity contribution < 1.29 is 52.5 Å². The molecule has 0 nitrogen and oxygen atoms in total. The monoisotopic (exact) mass is 392 g/mol. The molecule has 0 aromatic heterocycles. The SMILES string of the molecule is C1CSCCS1.[Cl-].[Cl-].[Hg+2]. The predicted molar refractivity (Wildman–Crippen MR) is 34.6 cm³/mol. The fourth-order valence-electron chi connectivity index (χ4n) is 0.440. The summed E-state index contributed by atoms with van der Waals surface area (Å²) in [5, 5.41) is 0. The van der Waals surface area contributed by atoms with Crippen LogP contribution in [0.2, 0.25) is 0 Å². The zero-order chi connectivity index (χ0) is 4.24. The van der Waals surface area contributed by atoms with Crippen LogP contribution in [0, 0.1) is 0 Å². The second-order valence-electron chi connectivity index (χ2n) is 1.22. The number of halogens is 2. The Hall–Kier alpha value is 2.22. The largest absolute Gasteiger partial charge is 2.00 e. The van der Waals surface area contributed by atoms with Gasteiger partial charge in [-0.05, 0) is 0 Å². The van der Waals surface area contributed by atoms with E-state index < -0.39 is 0 Å². The van der Waals surface area contributed by atoms with E-state index in [4.69, 9.17) is 0 Å². The van der Waals surface area contributed by atoms with E-state index in [1.54, 1.807) is 0 Å². The average molecular weight is 392 g/mol. The van der Waals surface area contributed by atoms with Gasteiger partial charge in [0.25, 0.3) is 0 Å². The molecule has 0 amide bonds. The number of hydrogen-bond donors (Lipinski definition) is 0. The van der Waals surface area contributed by atoms with Crippen LogP contribution in [0.4, 0.5) is 0 Å². The van der Waals surface area contributed by atoms with Gasteiger partial charge in [-0.3, -0.25) is 0 Å². The number of rotatable bonds is 0. The summed E-state index contributed by atoms with van der Waals surface area (Å²) < 4.78 is 0. The van der Waals surface area contributed by atoms with E-state index in [1.165, 1.54) is 23.0 Å². The summed E-state index contributed by atoms with van der Waals surface area (Å²) in [6.45, 7) is 0. The molecule has 0 aromatic rings. The van der Waals surface area contributed by atoms with Crippen LogP contribution >= 0.6 is 23.5 Å². The molecule has 0 bridgehead atoms. The van der Waals surface area contributed by atoms with Crippen molar-refractivity contribution in [3.63, 3.8) is 0 Å². The molecule has 0 unspecified atom stereocenters. The van der Waals surface area contributed by atoms with Gasteiger partial charge in [-0.25, -0.2) is 0 Å². The van der Waals surface area contributed by atoms with Crippen molar-refractivity contribution in [1.82, 2.24) is 0 Å². The Morgan fingerprint density at radius 1 is 0.667 bits per heavy atom. The third-order valence-electron chi connectivity index (χ3n) is 0.744. The first kappa shape index (κ1) is 17.3. The van der Waals surface area contributed by atoms with Crippen molar-refractivity contribution in [3.8, 4) is 0 Å². The fourth-order valence-corrected chi connectivity index (χ4v) is 2.73. The molecule has 1 heterocycles. The second kappa shape index (κ2) is 12.9. The minimum absolute atomic E-state index is 0. The Labute approximate surface area is 98.0 Å². The van der Waals surface area contributed by atoms with E-state index in [9.17, 15) is 0 Å². The summed E-state index contributed by atoms with van der Waals surface area (Å²) in [7, 11) is 0. The van der Waals surface area contributed by atoms with Crippen molar-refractivity contribution in [2.45, 2.75) is 0 Å². The van der Waals surface area contributed by atoms with Crippen LogP contribution in [0.1, 0.15) is 0 Å². The zero-order valence-corrected chi connectivity index (χ0v) is 13.8. The van der Waals surface area contributed by atoms with Crippen LogP contribution in [-0.2, 0) is 27.7 Å². The molecule has 1 aliphatic rings. The molecule has 5 heteroatoms. The van der Waals surface area contributed by atoms with Crippen molar-refractivity contribution >= 4 is 23.5 Å². The molecular weight excluding hydrogens is 384 g/mol. The molecule has 0 aromatic carbocycles. The van der Waals surface area contributed by atoms with E-state index in [1.807, 2.05) is 0 Å². The Bertz CT molecular complexity index is 32.0. The summed E-state index contributed by atoms with van der Waals surface area (Å²) in [6, 6.07) is 0. The standard InChI is InChI=1S/C4H8S2.2ClH.Hg/c1-2-6-4-3-5-1;;;/h1-4H2;2*1H;/q;;;+2/p-2. The fraction of sp³-hybridized carbons (Fsp3) is 1.00. The minimum atomic E-state index is 0. The van der Waals surface area contributed by atoms with Gasteiger partial charge in [-0.1, -0.05) is 0 Å². The van der Waals surface area contributed by atoms with Gasteiger partial charge in [-0.15, -0.1) is 0 Å². The third kappa shape index (κ3) is 10.2. The van der Waals surface area contributed by atoms with Gasteiger partial charge in [0.1, 0.15) is 0 Å². The summed E-state index contributed by atoms with van der Waals surface area (Å²) >= 11 is 4.15. The van der Waals surface area contributed by atoms with E-state index in [0.29, 0.717) is 0 Å². The van der Waals surface area contributed by atoms with Crippen LogP contribution < -0.4 is 24.8 Å². The first-order valence-corrected chi connectivity index (χ1v) is 4.46. The first-order valence-electron chi connectivity index (χ1n) is 2.15. The molecule has 52 valence electrons. The summed E-state index contributed by atoms with van der Waals surface area (Å²) in [6.07, 6.45) is 0. The molecule has 0 radical (unpaired) electrons. The van der Waals surface area contributed by atoms with Gasteiger partial charge < -0.3 is 24.8 Å². The predicted octanol–water partition coefficient (Wildman–Crippen LogP) is -4.53. The maximum atomic E-state index is 2.07. The van der Waals surface area contributed by atoms with Gasteiger partial charge in [0.15, 0.2) is 0 Å². The first-order chi connectivity index (χ1) is 3.00. The molecule has 9 heavy (non-hydrogen) atoms. The average Bonchev–Trinajstić information content (AvgIpc) is 1.72. The van der Waals surface area contributed by atoms with E-state index in [0.717, 1.165) is 0 Å². The maximum absolute atomic E-state index is 2.07. The molecule has 1 fully saturated rings. The Morgan fingerprint density at radius 3 is 1.00 bits per heavy atom. The van der Waals surface area contributed by atoms with Gasteiger partial charge in [0.2, 0.25) is 0 Å². The molecule has 0 saturated carbocycles. The van der Waals surface area contributed by atoms with Crippen molar-refractivity contribution in [1.29, 1.82) is 0 Å². The molecule has 1 saturated heterocycles. The zero-order valence-electron chi connectivity index (χ0n) is 5.11. The Kier molecular flexibility index (Phi) is 24.8. The van der Waals surface area contributed by atoms with Crippen LogP contribution in [0.25, 0.3) is 0 Å². The number of hydrogen-bond acceptors (Lipinski definition) is 2. The molecule has 0 aliphatic carbocycles. The van der Waals surface area contributed by atoms with Crippen LogP contribution in [-0.4, -0.2) is 23.0 Å². The van der Waals surface area contributed by atoms with Gasteiger partial charge in [0.05, 0.1) is 0 Å². The topological polar surface area (TPSA) is 0 Å². The van der Waals surface area contributed by atoms with Crippen LogP contribution in [0.15, 0.2) is 0 Å². The molecule has 0 spiro atoms. The normalized spacial score (nSPS) is 16.0. The van der Waals surface area contributed by atoms with Crippen LogP contribution in [0.5, 0.6) is 0 Å². The minimum Gasteiger partial charge on any atom is -1.00 e. The third-order valence-corrected chi connectivity index (χ3v) is 3.23. The smallest absolute Gasteiger partial charge is 1.00 e. The maximum Gasteiger partial charge on any atom is 2.00 e. The van der Waals surface area contributed by atoms with E-state index >= 15 is 0 Å². The molecule has 1 rings (SSSR count). The van der Waals surface area contributed by atoms with Gasteiger partial charge in [-0.2, -0.15) is 23.5 Å². The van der Waals surface area contributed by atoms with Crippen molar-refractivity contribution in [2.24, 2.45) is 0 Å². The Balaban J connectivity index is -0.000000120. The summed E-state index contributed by atoms with van der Waals surface area (Å²) in [5.41, 5.74) is 0. The molecular formula is C4H8Cl2HgS2. The van der Waals surface area contributed by atoms with Gasteiger partial charge >= 0.3 is 27.7 Å². The molecule has 1 aliphatic heterocycles. The quantitative estimate of drug-likeness (QED) is 0.382. The van der Waals surface area contributed by atoms with Gasteiger partial charge in [0, 0.05) is 23.0 Å². The van der Waals surface area contributed by atoms with Crippen molar-refractivity contribution in [2.75, 3.05) is 23.0 Å².